The minimum Gasteiger partial charge on any atom is -0.481 e. The highest BCUT2D eigenvalue weighted by Gasteiger charge is 2.16. The number of benzene rings is 1. The predicted molar refractivity (Wildman–Crippen MR) is 92.3 cm³/mol. The predicted octanol–water partition coefficient (Wildman–Crippen LogP) is 3.53. The van der Waals surface area contributed by atoms with Crippen molar-refractivity contribution in [3.63, 3.8) is 0 Å². The molecule has 0 aliphatic carbocycles. The molecule has 0 fully saturated rings. The van der Waals surface area contributed by atoms with Crippen LogP contribution in [0.1, 0.15) is 36.2 Å². The monoisotopic (exact) mass is 367 g/mol. The summed E-state index contributed by atoms with van der Waals surface area (Å²) < 4.78 is 15.5. The van der Waals surface area contributed by atoms with Crippen molar-refractivity contribution in [1.29, 1.82) is 0 Å². The average molecular weight is 368 g/mol. The van der Waals surface area contributed by atoms with Crippen molar-refractivity contribution in [2.75, 3.05) is 5.32 Å². The number of carbonyl (C=O) groups excluding carboxylic acids is 1. The number of nitrogens with one attached hydrogen (secondary N) is 1. The first-order chi connectivity index (χ1) is 11.8. The van der Waals surface area contributed by atoms with Crippen LogP contribution in [0, 0.1) is 19.7 Å². The molecule has 0 atom stereocenters. The lowest BCUT2D eigenvalue weighted by Crippen LogP contribution is -2.13. The quantitative estimate of drug-likeness (QED) is 0.784. The molecule has 0 radical (unpaired) electrons. The van der Waals surface area contributed by atoms with Crippen LogP contribution in [-0.4, -0.2) is 26.8 Å². The Labute approximate surface area is 149 Å². The van der Waals surface area contributed by atoms with Crippen LogP contribution in [0.2, 0.25) is 5.02 Å². The maximum absolute atomic E-state index is 13.9. The SMILES string of the molecule is Cc1nn(Cc2c(F)cccc2Cl)c(C)c1NC(=O)CCCC(=O)O. The van der Waals surface area contributed by atoms with Gasteiger partial charge in [0.2, 0.25) is 5.91 Å². The average Bonchev–Trinajstić information content (AvgIpc) is 2.78. The second-order valence-electron chi connectivity index (χ2n) is 5.70. The van der Waals surface area contributed by atoms with E-state index in [0.717, 1.165) is 0 Å². The number of carbonyl (C=O) groups is 2. The number of hydrogen-bond donors (Lipinski definition) is 2. The van der Waals surface area contributed by atoms with Crippen LogP contribution in [-0.2, 0) is 16.1 Å². The third-order valence-corrected chi connectivity index (χ3v) is 4.16. The summed E-state index contributed by atoms with van der Waals surface area (Å²) in [5.41, 5.74) is 2.14. The van der Waals surface area contributed by atoms with E-state index in [-0.39, 0.29) is 31.7 Å². The molecule has 0 unspecified atom stereocenters. The summed E-state index contributed by atoms with van der Waals surface area (Å²) in [6.45, 7) is 3.65. The fraction of sp³-hybridized carbons (Fsp3) is 0.353. The highest BCUT2D eigenvalue weighted by atomic mass is 35.5. The molecule has 2 rings (SSSR count). The molecule has 0 saturated heterocycles. The molecular formula is C17H19ClFN3O3. The largest absolute Gasteiger partial charge is 0.481 e. The van der Waals surface area contributed by atoms with E-state index in [2.05, 4.69) is 10.4 Å². The number of anilines is 1. The van der Waals surface area contributed by atoms with Crippen molar-refractivity contribution < 1.29 is 19.1 Å². The van der Waals surface area contributed by atoms with Gasteiger partial charge in [0.05, 0.1) is 23.6 Å². The molecule has 1 amide bonds. The Balaban J connectivity index is 2.12. The Morgan fingerprint density at radius 2 is 2.04 bits per heavy atom. The van der Waals surface area contributed by atoms with E-state index < -0.39 is 11.8 Å². The van der Waals surface area contributed by atoms with Crippen molar-refractivity contribution in [3.05, 3.63) is 46.0 Å². The van der Waals surface area contributed by atoms with Gasteiger partial charge in [0.15, 0.2) is 0 Å². The molecule has 25 heavy (non-hydrogen) atoms. The topological polar surface area (TPSA) is 84.2 Å². The number of amides is 1. The summed E-state index contributed by atoms with van der Waals surface area (Å²) in [5, 5.41) is 16.0. The molecule has 0 aliphatic heterocycles. The lowest BCUT2D eigenvalue weighted by Gasteiger charge is -2.09. The van der Waals surface area contributed by atoms with Gasteiger partial charge >= 0.3 is 5.97 Å². The van der Waals surface area contributed by atoms with Gasteiger partial charge in [-0.2, -0.15) is 5.10 Å². The molecule has 0 bridgehead atoms. The molecule has 134 valence electrons. The molecule has 0 aliphatic rings. The third kappa shape index (κ3) is 4.79. The zero-order chi connectivity index (χ0) is 18.6. The molecule has 2 aromatic rings. The first-order valence-corrected chi connectivity index (χ1v) is 8.16. The minimum atomic E-state index is -0.935. The number of nitrogens with zero attached hydrogens (tertiary/aromatic N) is 2. The van der Waals surface area contributed by atoms with Gasteiger partial charge in [-0.05, 0) is 32.4 Å². The minimum absolute atomic E-state index is 0.0591. The maximum atomic E-state index is 13.9. The van der Waals surface area contributed by atoms with Crippen LogP contribution in [0.4, 0.5) is 10.1 Å². The van der Waals surface area contributed by atoms with Crippen molar-refractivity contribution in [3.8, 4) is 0 Å². The van der Waals surface area contributed by atoms with E-state index in [4.69, 9.17) is 16.7 Å². The van der Waals surface area contributed by atoms with E-state index >= 15 is 0 Å². The van der Waals surface area contributed by atoms with Crippen molar-refractivity contribution in [2.24, 2.45) is 0 Å². The molecule has 8 heteroatoms. The normalized spacial score (nSPS) is 10.7. The molecule has 2 N–H and O–H groups in total. The van der Waals surface area contributed by atoms with Gasteiger partial charge in [0, 0.05) is 23.4 Å². The number of aliphatic carboxylic acids is 1. The number of carboxylic acid groups (broad SMARTS) is 1. The van der Waals surface area contributed by atoms with E-state index in [9.17, 15) is 14.0 Å². The molecule has 1 aromatic heterocycles. The van der Waals surface area contributed by atoms with E-state index in [1.807, 2.05) is 0 Å². The summed E-state index contributed by atoms with van der Waals surface area (Å²) >= 11 is 6.05. The lowest BCUT2D eigenvalue weighted by atomic mass is 10.2. The zero-order valence-corrected chi connectivity index (χ0v) is 14.7. The first-order valence-electron chi connectivity index (χ1n) is 7.78. The van der Waals surface area contributed by atoms with Gasteiger partial charge in [-0.25, -0.2) is 4.39 Å². The van der Waals surface area contributed by atoms with Crippen molar-refractivity contribution >= 4 is 29.2 Å². The van der Waals surface area contributed by atoms with E-state index in [1.54, 1.807) is 24.6 Å². The van der Waals surface area contributed by atoms with Crippen molar-refractivity contribution in [1.82, 2.24) is 9.78 Å². The Hall–Kier alpha value is -2.41. The summed E-state index contributed by atoms with van der Waals surface area (Å²) in [5.74, 6) is -1.63. The van der Waals surface area contributed by atoms with Gasteiger partial charge in [-0.1, -0.05) is 17.7 Å². The van der Waals surface area contributed by atoms with Gasteiger partial charge in [-0.3, -0.25) is 14.3 Å². The summed E-state index contributed by atoms with van der Waals surface area (Å²) in [4.78, 5) is 22.4. The Morgan fingerprint density at radius 1 is 1.32 bits per heavy atom. The van der Waals surface area contributed by atoms with Crippen LogP contribution < -0.4 is 5.32 Å². The Kier molecular flexibility index (Phi) is 6.14. The summed E-state index contributed by atoms with van der Waals surface area (Å²) in [6, 6.07) is 4.47. The second kappa shape index (κ2) is 8.11. The van der Waals surface area contributed by atoms with Crippen molar-refractivity contribution in [2.45, 2.75) is 39.7 Å². The van der Waals surface area contributed by atoms with Gasteiger partial charge in [0.1, 0.15) is 5.82 Å². The molecule has 0 saturated carbocycles. The number of aryl methyl sites for hydroxylation is 1. The number of hydrogen-bond acceptors (Lipinski definition) is 3. The molecule has 0 spiro atoms. The van der Waals surface area contributed by atoms with Gasteiger partial charge in [-0.15, -0.1) is 0 Å². The van der Waals surface area contributed by atoms with Crippen LogP contribution in [0.5, 0.6) is 0 Å². The Morgan fingerprint density at radius 3 is 2.68 bits per heavy atom. The molecule has 1 heterocycles. The molecule has 6 nitrogen and oxygen atoms in total. The van der Waals surface area contributed by atoms with Crippen LogP contribution in [0.25, 0.3) is 0 Å². The second-order valence-corrected chi connectivity index (χ2v) is 6.11. The fourth-order valence-corrected chi connectivity index (χ4v) is 2.69. The standard InChI is InChI=1S/C17H19ClFN3O3/c1-10-17(20-15(23)7-4-8-16(24)25)11(2)22(21-10)9-12-13(18)5-3-6-14(12)19/h3,5-6H,4,7-9H2,1-2H3,(H,20,23)(H,24,25). The van der Waals surface area contributed by atoms with Crippen LogP contribution >= 0.6 is 11.6 Å². The smallest absolute Gasteiger partial charge is 0.303 e. The Bertz CT molecular complexity index is 784. The fourth-order valence-electron chi connectivity index (χ4n) is 2.47. The molecular weight excluding hydrogens is 349 g/mol. The van der Waals surface area contributed by atoms with Gasteiger partial charge < -0.3 is 10.4 Å². The van der Waals surface area contributed by atoms with E-state index in [1.165, 1.54) is 12.1 Å². The van der Waals surface area contributed by atoms with Crippen LogP contribution in [0.3, 0.4) is 0 Å². The first kappa shape index (κ1) is 18.9. The molecule has 1 aromatic carbocycles. The van der Waals surface area contributed by atoms with Gasteiger partial charge in [0.25, 0.3) is 0 Å². The number of rotatable bonds is 7. The maximum Gasteiger partial charge on any atom is 0.303 e. The summed E-state index contributed by atoms with van der Waals surface area (Å²) in [7, 11) is 0. The highest BCUT2D eigenvalue weighted by Crippen LogP contribution is 2.24. The number of carboxylic acids is 1. The lowest BCUT2D eigenvalue weighted by molar-refractivity contribution is -0.137. The summed E-state index contributed by atoms with van der Waals surface area (Å²) in [6.07, 6.45) is 0.310. The highest BCUT2D eigenvalue weighted by molar-refractivity contribution is 6.31. The number of halogens is 2. The van der Waals surface area contributed by atoms with Crippen LogP contribution in [0.15, 0.2) is 18.2 Å². The van der Waals surface area contributed by atoms with E-state index in [0.29, 0.717) is 27.7 Å². The zero-order valence-electron chi connectivity index (χ0n) is 14.0. The number of aromatic nitrogens is 2. The third-order valence-electron chi connectivity index (χ3n) is 3.81.